The number of sulfonamides is 1. The number of anilines is 1. The molecule has 2 aromatic carbocycles. The lowest BCUT2D eigenvalue weighted by molar-refractivity contribution is -0.137. The molecule has 3 aromatic rings. The number of β-amino-alcohol motifs (C(OH)–C–C–N with tert-alkyl or cyclic N) is 1. The molecule has 2 atom stereocenters. The highest BCUT2D eigenvalue weighted by atomic mass is 32.2. The summed E-state index contributed by atoms with van der Waals surface area (Å²) in [6, 6.07) is 6.78. The van der Waals surface area contributed by atoms with E-state index in [4.69, 9.17) is 10.5 Å². The van der Waals surface area contributed by atoms with E-state index >= 15 is 0 Å². The van der Waals surface area contributed by atoms with E-state index in [1.165, 1.54) is 7.11 Å². The Balaban J connectivity index is 1.63. The molecule has 5 N–H and O–H groups in total. The van der Waals surface area contributed by atoms with Crippen LogP contribution in [0.1, 0.15) is 59.2 Å². The highest BCUT2D eigenvalue weighted by Crippen LogP contribution is 2.49. The fourth-order valence-corrected chi connectivity index (χ4v) is 7.83. The molecule has 2 fully saturated rings. The largest absolute Gasteiger partial charge is 0.494 e. The van der Waals surface area contributed by atoms with Crippen LogP contribution in [0, 0.1) is 0 Å². The van der Waals surface area contributed by atoms with Gasteiger partial charge in [0, 0.05) is 62.8 Å². The van der Waals surface area contributed by atoms with Crippen LogP contribution >= 0.6 is 0 Å². The molecule has 5 rings (SSSR count). The Hall–Kier alpha value is -4.18. The quantitative estimate of drug-likeness (QED) is 0.258. The molecule has 2 aliphatic heterocycles. The summed E-state index contributed by atoms with van der Waals surface area (Å²) in [5.74, 6) is -2.16. The lowest BCUT2D eigenvalue weighted by Gasteiger charge is -2.37. The van der Waals surface area contributed by atoms with E-state index in [1.807, 2.05) is 49.8 Å². The molecule has 2 saturated heterocycles. The number of nitrogens with zero attached hydrogens (tertiary/aromatic N) is 4. The maximum atomic E-state index is 13.2. The number of carboxylic acid groups (broad SMARTS) is 1. The highest BCUT2D eigenvalue weighted by molar-refractivity contribution is 7.92. The van der Waals surface area contributed by atoms with E-state index in [9.17, 15) is 33.0 Å². The summed E-state index contributed by atoms with van der Waals surface area (Å²) in [4.78, 5) is 44.9. The minimum atomic E-state index is -3.96. The summed E-state index contributed by atoms with van der Waals surface area (Å²) < 4.78 is 35.3. The number of fused-ring (bicyclic) bond motifs is 1. The summed E-state index contributed by atoms with van der Waals surface area (Å²) in [7, 11) is 0.843. The van der Waals surface area contributed by atoms with Crippen molar-refractivity contribution < 1.29 is 37.8 Å². The van der Waals surface area contributed by atoms with Gasteiger partial charge >= 0.3 is 5.97 Å². The number of piperazine rings is 1. The fourth-order valence-electron chi connectivity index (χ4n) is 7.26. The highest BCUT2D eigenvalue weighted by Gasteiger charge is 2.38. The number of methoxy groups -OCH3 is 1. The Morgan fingerprint density at radius 2 is 1.73 bits per heavy atom. The standard InChI is InChI=1S/C34H46N6O8S/c1-34(2,3)23-16-22(31(35)42)30(48-6)27(36-49(7,46)47)26(23)25-21-10-8-9-19(28(21)38(5)29(25)33(44)45)17-39-11-13-40(14-12-39)32(43)24-15-20(41)18-37(24)4/h8-10,16,20,24,36,41H,11-15,17-18H2,1-7H3,(H2,35,42)(H,44,45)/t20-,24-/m1/s1. The number of hydrogen-bond donors (Lipinski definition) is 4. The first-order valence-electron chi connectivity index (χ1n) is 16.1. The van der Waals surface area contributed by atoms with Crippen molar-refractivity contribution in [1.29, 1.82) is 0 Å². The number of likely N-dealkylation sites (tertiary alicyclic amines) is 1. The van der Waals surface area contributed by atoms with Crippen LogP contribution in [0.4, 0.5) is 5.69 Å². The minimum absolute atomic E-state index is 0.0184. The maximum absolute atomic E-state index is 13.2. The number of nitrogens with one attached hydrogen (secondary N) is 1. The molecule has 0 aliphatic carbocycles. The molecule has 2 aliphatic rings. The number of hydrogen-bond acceptors (Lipinski definition) is 9. The summed E-state index contributed by atoms with van der Waals surface area (Å²) in [6.07, 6.45) is 0.882. The predicted molar refractivity (Wildman–Crippen MR) is 186 cm³/mol. The number of aryl methyl sites for hydroxylation is 1. The third kappa shape index (κ3) is 6.98. The second-order valence-electron chi connectivity index (χ2n) is 14.1. The van der Waals surface area contributed by atoms with Crippen molar-refractivity contribution in [3.05, 3.63) is 46.6 Å². The predicted octanol–water partition coefficient (Wildman–Crippen LogP) is 2.03. The number of likely N-dealkylation sites (N-methyl/N-ethyl adjacent to an activating group) is 1. The number of ether oxygens (including phenoxy) is 1. The third-order valence-corrected chi connectivity index (χ3v) is 10.1. The molecule has 0 radical (unpaired) electrons. The number of carbonyl (C=O) groups excluding carboxylic acids is 2. The molecule has 3 heterocycles. The van der Waals surface area contributed by atoms with Gasteiger partial charge in [0.15, 0.2) is 5.75 Å². The van der Waals surface area contributed by atoms with Gasteiger partial charge in [-0.05, 0) is 36.1 Å². The second kappa shape index (κ2) is 13.3. The minimum Gasteiger partial charge on any atom is -0.494 e. The number of carbonyl (C=O) groups is 3. The van der Waals surface area contributed by atoms with E-state index in [-0.39, 0.29) is 45.8 Å². The van der Waals surface area contributed by atoms with Gasteiger partial charge in [0.25, 0.3) is 5.91 Å². The van der Waals surface area contributed by atoms with Gasteiger partial charge in [-0.3, -0.25) is 24.1 Å². The Bertz CT molecular complexity index is 1920. The van der Waals surface area contributed by atoms with Crippen LogP contribution in [0.2, 0.25) is 0 Å². The molecule has 2 amide bonds. The normalized spacial score (nSPS) is 19.4. The van der Waals surface area contributed by atoms with Crippen LogP contribution in [-0.2, 0) is 33.8 Å². The number of rotatable bonds is 9. The molecule has 14 nitrogen and oxygen atoms in total. The van der Waals surface area contributed by atoms with E-state index in [0.29, 0.717) is 62.2 Å². The van der Waals surface area contributed by atoms with E-state index in [2.05, 4.69) is 9.62 Å². The molecule has 266 valence electrons. The van der Waals surface area contributed by atoms with Crippen LogP contribution < -0.4 is 15.2 Å². The van der Waals surface area contributed by atoms with Crippen molar-refractivity contribution in [1.82, 2.24) is 19.3 Å². The molecule has 49 heavy (non-hydrogen) atoms. The Morgan fingerprint density at radius 3 is 2.24 bits per heavy atom. The number of benzene rings is 2. The zero-order chi connectivity index (χ0) is 36.2. The molecule has 0 saturated carbocycles. The van der Waals surface area contributed by atoms with Crippen molar-refractivity contribution in [2.45, 2.75) is 51.3 Å². The number of carboxylic acids is 1. The first kappa shape index (κ1) is 36.1. The van der Waals surface area contributed by atoms with Crippen LogP contribution in [0.25, 0.3) is 22.0 Å². The number of aliphatic hydroxyl groups is 1. The van der Waals surface area contributed by atoms with Crippen molar-refractivity contribution in [3.8, 4) is 16.9 Å². The number of amides is 2. The van der Waals surface area contributed by atoms with Crippen molar-refractivity contribution in [3.63, 3.8) is 0 Å². The maximum Gasteiger partial charge on any atom is 0.353 e. The van der Waals surface area contributed by atoms with Crippen molar-refractivity contribution >= 4 is 44.4 Å². The third-order valence-electron chi connectivity index (χ3n) is 9.48. The number of primary amides is 1. The van der Waals surface area contributed by atoms with Crippen LogP contribution in [0.15, 0.2) is 24.3 Å². The first-order chi connectivity index (χ1) is 22.8. The number of nitrogens with two attached hydrogens (primary N) is 1. The monoisotopic (exact) mass is 698 g/mol. The van der Waals surface area contributed by atoms with Gasteiger partial charge in [0.2, 0.25) is 15.9 Å². The van der Waals surface area contributed by atoms with Crippen LogP contribution in [0.3, 0.4) is 0 Å². The van der Waals surface area contributed by atoms with Crippen LogP contribution in [0.5, 0.6) is 5.75 Å². The van der Waals surface area contributed by atoms with Crippen LogP contribution in [-0.4, -0.2) is 121 Å². The number of para-hydroxylation sites is 1. The van der Waals surface area contributed by atoms with Gasteiger partial charge in [-0.25, -0.2) is 13.2 Å². The van der Waals surface area contributed by atoms with E-state index in [1.54, 1.807) is 23.7 Å². The van der Waals surface area contributed by atoms with Gasteiger partial charge in [0.05, 0.1) is 42.3 Å². The molecule has 15 heteroatoms. The molecular weight excluding hydrogens is 652 g/mol. The zero-order valence-electron chi connectivity index (χ0n) is 29.0. The average Bonchev–Trinajstić information content (AvgIpc) is 3.50. The summed E-state index contributed by atoms with van der Waals surface area (Å²) >= 11 is 0. The lowest BCUT2D eigenvalue weighted by atomic mass is 9.79. The van der Waals surface area contributed by atoms with E-state index < -0.39 is 33.4 Å². The Kier molecular flexibility index (Phi) is 9.78. The lowest BCUT2D eigenvalue weighted by Crippen LogP contribution is -2.52. The Morgan fingerprint density at radius 1 is 1.08 bits per heavy atom. The molecule has 0 unspecified atom stereocenters. The average molecular weight is 699 g/mol. The number of aromatic nitrogens is 1. The van der Waals surface area contributed by atoms with Gasteiger partial charge in [-0.1, -0.05) is 39.0 Å². The van der Waals surface area contributed by atoms with Gasteiger partial charge in [-0.2, -0.15) is 0 Å². The fraction of sp³-hybridized carbons (Fsp3) is 0.500. The molecule has 0 spiro atoms. The zero-order valence-corrected chi connectivity index (χ0v) is 29.8. The first-order valence-corrected chi connectivity index (χ1v) is 18.0. The number of aliphatic hydroxyl groups excluding tert-OH is 1. The SMILES string of the molecule is COc1c(C(N)=O)cc(C(C)(C)C)c(-c2c(C(=O)O)n(C)c3c(CN4CCN(C(=O)[C@H]5C[C@@H](O)CN5C)CC4)cccc23)c1NS(C)(=O)=O. The van der Waals surface area contributed by atoms with Crippen molar-refractivity contribution in [2.75, 3.05) is 57.9 Å². The molecular formula is C34H46N6O8S. The van der Waals surface area contributed by atoms with Gasteiger partial charge in [0.1, 0.15) is 5.69 Å². The topological polar surface area (TPSA) is 188 Å². The van der Waals surface area contributed by atoms with Gasteiger partial charge < -0.3 is 30.2 Å². The van der Waals surface area contributed by atoms with Gasteiger partial charge in [-0.15, -0.1) is 0 Å². The summed E-state index contributed by atoms with van der Waals surface area (Å²) in [6.45, 7) is 8.83. The number of aromatic carboxylic acids is 1. The summed E-state index contributed by atoms with van der Waals surface area (Å²) in [5, 5.41) is 21.3. The van der Waals surface area contributed by atoms with Crippen molar-refractivity contribution in [2.24, 2.45) is 12.8 Å². The molecule has 0 bridgehead atoms. The Labute approximate surface area is 286 Å². The molecule has 1 aromatic heterocycles. The second-order valence-corrected chi connectivity index (χ2v) is 15.8. The summed E-state index contributed by atoms with van der Waals surface area (Å²) in [5.41, 5.74) is 7.38. The smallest absolute Gasteiger partial charge is 0.353 e. The van der Waals surface area contributed by atoms with E-state index in [0.717, 1.165) is 11.8 Å².